The molecule has 0 aromatic heterocycles. The Hall–Kier alpha value is -1.31. The van der Waals surface area contributed by atoms with Gasteiger partial charge in [0.1, 0.15) is 0 Å². The van der Waals surface area contributed by atoms with Crippen LogP contribution in [0.3, 0.4) is 0 Å². The lowest BCUT2D eigenvalue weighted by Gasteiger charge is -2.13. The lowest BCUT2D eigenvalue weighted by molar-refractivity contribution is -0.137. The number of halogens is 4. The number of hydrogen-bond donors (Lipinski definition) is 2. The van der Waals surface area contributed by atoms with Crippen molar-refractivity contribution in [1.29, 1.82) is 0 Å². The molecule has 24 heavy (non-hydrogen) atoms. The van der Waals surface area contributed by atoms with Gasteiger partial charge >= 0.3 is 6.18 Å². The predicted molar refractivity (Wildman–Crippen MR) is 88.0 cm³/mol. The first-order chi connectivity index (χ1) is 10.8. The van der Waals surface area contributed by atoms with Gasteiger partial charge in [-0.2, -0.15) is 13.2 Å². The molecule has 2 unspecified atom stereocenters. The number of nitrogens with two attached hydrogens (primary N) is 1. The molecule has 1 aromatic carbocycles. The fourth-order valence-electron chi connectivity index (χ4n) is 2.66. The van der Waals surface area contributed by atoms with Crippen molar-refractivity contribution < 1.29 is 22.7 Å². The van der Waals surface area contributed by atoms with Crippen LogP contribution in [0.25, 0.3) is 0 Å². The van der Waals surface area contributed by atoms with Gasteiger partial charge in [-0.1, -0.05) is 0 Å². The Labute approximate surface area is 145 Å². The Kier molecular flexibility index (Phi) is 7.51. The summed E-state index contributed by atoms with van der Waals surface area (Å²) in [5, 5.41) is 2.51. The van der Waals surface area contributed by atoms with Crippen molar-refractivity contribution in [2.75, 3.05) is 5.32 Å². The monoisotopic (exact) mass is 366 g/mol. The Bertz CT molecular complexity index is 567. The molecule has 2 atom stereocenters. The van der Waals surface area contributed by atoms with Gasteiger partial charge in [-0.25, -0.2) is 0 Å². The summed E-state index contributed by atoms with van der Waals surface area (Å²) in [4.78, 5) is 11.9. The SMILES string of the molecule is CC1CCC(CCC(=O)Nc2cc(CN)cc(C(F)(F)F)c2)O1.Cl. The molecule has 0 bridgehead atoms. The molecular weight excluding hydrogens is 345 g/mol. The number of amides is 1. The number of benzene rings is 1. The van der Waals surface area contributed by atoms with Gasteiger partial charge in [0.05, 0.1) is 17.8 Å². The first-order valence-corrected chi connectivity index (χ1v) is 7.64. The van der Waals surface area contributed by atoms with E-state index in [0.717, 1.165) is 25.0 Å². The second-order valence-electron chi connectivity index (χ2n) is 5.85. The highest BCUT2D eigenvalue weighted by molar-refractivity contribution is 5.90. The van der Waals surface area contributed by atoms with Crippen molar-refractivity contribution in [3.8, 4) is 0 Å². The first kappa shape index (κ1) is 20.7. The van der Waals surface area contributed by atoms with E-state index in [-0.39, 0.29) is 49.2 Å². The molecule has 1 heterocycles. The number of alkyl halides is 3. The fourth-order valence-corrected chi connectivity index (χ4v) is 2.66. The van der Waals surface area contributed by atoms with Gasteiger partial charge < -0.3 is 15.8 Å². The summed E-state index contributed by atoms with van der Waals surface area (Å²) >= 11 is 0. The number of carbonyl (C=O) groups is 1. The molecular formula is C16H22ClF3N2O2. The van der Waals surface area contributed by atoms with E-state index in [9.17, 15) is 18.0 Å². The third kappa shape index (κ3) is 5.96. The van der Waals surface area contributed by atoms with Crippen LogP contribution in [0.4, 0.5) is 18.9 Å². The zero-order valence-corrected chi connectivity index (χ0v) is 14.2. The smallest absolute Gasteiger partial charge is 0.375 e. The molecule has 1 aliphatic heterocycles. The Morgan fingerprint density at radius 2 is 2.04 bits per heavy atom. The highest BCUT2D eigenvalue weighted by atomic mass is 35.5. The lowest BCUT2D eigenvalue weighted by atomic mass is 10.1. The van der Waals surface area contributed by atoms with Crippen LogP contribution in [0.15, 0.2) is 18.2 Å². The van der Waals surface area contributed by atoms with Gasteiger partial charge in [0.25, 0.3) is 0 Å². The van der Waals surface area contributed by atoms with Crippen LogP contribution < -0.4 is 11.1 Å². The second kappa shape index (κ2) is 8.69. The van der Waals surface area contributed by atoms with Crippen molar-refractivity contribution in [2.24, 2.45) is 5.73 Å². The van der Waals surface area contributed by atoms with E-state index < -0.39 is 11.7 Å². The van der Waals surface area contributed by atoms with Crippen molar-refractivity contribution in [3.05, 3.63) is 29.3 Å². The summed E-state index contributed by atoms with van der Waals surface area (Å²) in [5.74, 6) is -0.324. The molecule has 8 heteroatoms. The topological polar surface area (TPSA) is 64.4 Å². The molecule has 3 N–H and O–H groups in total. The van der Waals surface area contributed by atoms with Crippen LogP contribution in [0.5, 0.6) is 0 Å². The summed E-state index contributed by atoms with van der Waals surface area (Å²) in [7, 11) is 0. The van der Waals surface area contributed by atoms with Crippen LogP contribution in [0, 0.1) is 0 Å². The minimum Gasteiger partial charge on any atom is -0.375 e. The molecule has 0 spiro atoms. The maximum atomic E-state index is 12.8. The van der Waals surface area contributed by atoms with Crippen LogP contribution in [0.1, 0.15) is 43.7 Å². The van der Waals surface area contributed by atoms with Crippen molar-refractivity contribution in [1.82, 2.24) is 0 Å². The molecule has 136 valence electrons. The molecule has 0 aliphatic carbocycles. The van der Waals surface area contributed by atoms with E-state index in [1.807, 2.05) is 6.92 Å². The highest BCUT2D eigenvalue weighted by Crippen LogP contribution is 2.32. The van der Waals surface area contributed by atoms with Crippen molar-refractivity contribution in [3.63, 3.8) is 0 Å². The summed E-state index contributed by atoms with van der Waals surface area (Å²) in [6.45, 7) is 1.96. The Balaban J connectivity index is 0.00000288. The zero-order valence-electron chi connectivity index (χ0n) is 13.4. The standard InChI is InChI=1S/C16H21F3N2O2.ClH/c1-10-2-3-14(23-10)4-5-15(22)21-13-7-11(9-20)6-12(8-13)16(17,18)19;/h6-8,10,14H,2-5,9,20H2,1H3,(H,21,22);1H. The summed E-state index contributed by atoms with van der Waals surface area (Å²) in [6, 6.07) is 3.37. The molecule has 4 nitrogen and oxygen atoms in total. The van der Waals surface area contributed by atoms with Gasteiger partial charge in [0, 0.05) is 18.7 Å². The molecule has 0 radical (unpaired) electrons. The number of rotatable bonds is 5. The Morgan fingerprint density at radius 1 is 1.33 bits per heavy atom. The van der Waals surface area contributed by atoms with E-state index in [4.69, 9.17) is 10.5 Å². The number of nitrogens with one attached hydrogen (secondary N) is 1. The van der Waals surface area contributed by atoms with E-state index >= 15 is 0 Å². The summed E-state index contributed by atoms with van der Waals surface area (Å²) in [5.41, 5.74) is 5.04. The predicted octanol–water partition coefficient (Wildman–Crippen LogP) is 3.87. The summed E-state index contributed by atoms with van der Waals surface area (Å²) < 4.78 is 44.1. The van der Waals surface area contributed by atoms with Gasteiger partial charge in [-0.15, -0.1) is 12.4 Å². The van der Waals surface area contributed by atoms with Crippen LogP contribution in [-0.4, -0.2) is 18.1 Å². The molecule has 1 saturated heterocycles. The van der Waals surface area contributed by atoms with Crippen LogP contribution >= 0.6 is 12.4 Å². The average Bonchev–Trinajstić information content (AvgIpc) is 2.89. The van der Waals surface area contributed by atoms with Crippen molar-refractivity contribution >= 4 is 24.0 Å². The van der Waals surface area contributed by atoms with Gasteiger partial charge in [0.2, 0.25) is 5.91 Å². The quantitative estimate of drug-likeness (QED) is 0.831. The average molecular weight is 367 g/mol. The normalized spacial score (nSPS) is 20.5. The minimum atomic E-state index is -4.47. The second-order valence-corrected chi connectivity index (χ2v) is 5.85. The van der Waals surface area contributed by atoms with Gasteiger partial charge in [0.15, 0.2) is 0 Å². The molecule has 0 saturated carbocycles. The maximum absolute atomic E-state index is 12.8. The van der Waals surface area contributed by atoms with Gasteiger partial charge in [-0.3, -0.25) is 4.79 Å². The molecule has 2 rings (SSSR count). The minimum absolute atomic E-state index is 0. The fraction of sp³-hybridized carbons (Fsp3) is 0.562. The number of ether oxygens (including phenoxy) is 1. The van der Waals surface area contributed by atoms with E-state index in [2.05, 4.69) is 5.32 Å². The molecule has 1 aliphatic rings. The highest BCUT2D eigenvalue weighted by Gasteiger charge is 2.31. The molecule has 1 fully saturated rings. The van der Waals surface area contributed by atoms with E-state index in [1.165, 1.54) is 6.07 Å². The van der Waals surface area contributed by atoms with Crippen molar-refractivity contribution in [2.45, 2.75) is 57.5 Å². The zero-order chi connectivity index (χ0) is 17.0. The molecule has 1 aromatic rings. The molecule has 1 amide bonds. The number of hydrogen-bond acceptors (Lipinski definition) is 3. The third-order valence-electron chi connectivity index (χ3n) is 3.85. The lowest BCUT2D eigenvalue weighted by Crippen LogP contribution is -2.17. The van der Waals surface area contributed by atoms with Crippen LogP contribution in [0.2, 0.25) is 0 Å². The van der Waals surface area contributed by atoms with Gasteiger partial charge in [-0.05, 0) is 49.9 Å². The Morgan fingerprint density at radius 3 is 2.58 bits per heavy atom. The number of carbonyl (C=O) groups excluding carboxylic acids is 1. The summed E-state index contributed by atoms with van der Waals surface area (Å²) in [6.07, 6.45) is -1.55. The van der Waals surface area contributed by atoms with Crippen LogP contribution in [-0.2, 0) is 22.3 Å². The maximum Gasteiger partial charge on any atom is 0.416 e. The van der Waals surface area contributed by atoms with E-state index in [1.54, 1.807) is 0 Å². The van der Waals surface area contributed by atoms with E-state index in [0.29, 0.717) is 12.0 Å². The number of anilines is 1. The largest absolute Gasteiger partial charge is 0.416 e. The third-order valence-corrected chi connectivity index (χ3v) is 3.85. The first-order valence-electron chi connectivity index (χ1n) is 7.64.